The minimum atomic E-state index is -0.0426. The molecule has 1 amide bonds. The van der Waals surface area contributed by atoms with E-state index in [1.54, 1.807) is 6.20 Å². The molecule has 1 aromatic rings. The Balaban J connectivity index is 2.27. The fraction of sp³-hybridized carbons (Fsp3) is 0.444. The summed E-state index contributed by atoms with van der Waals surface area (Å²) in [4.78, 5) is 19.0. The van der Waals surface area contributed by atoms with E-state index in [0.29, 0.717) is 18.8 Å². The largest absolute Gasteiger partial charge is 0.330 e. The standard InChI is InChI=1S/C9H14N4O/c10-4-2-1-3-9(14)13-8-7-11-5-6-12-8/h5-7H,1-4,10H2,(H,12,13,14). The quantitative estimate of drug-likeness (QED) is 0.670. The van der Waals surface area contributed by atoms with Gasteiger partial charge in [-0.05, 0) is 19.4 Å². The summed E-state index contributed by atoms with van der Waals surface area (Å²) in [5.41, 5.74) is 5.31. The van der Waals surface area contributed by atoms with E-state index in [4.69, 9.17) is 5.73 Å². The molecule has 0 saturated heterocycles. The Morgan fingerprint density at radius 1 is 1.43 bits per heavy atom. The third-order valence-electron chi connectivity index (χ3n) is 1.69. The van der Waals surface area contributed by atoms with E-state index < -0.39 is 0 Å². The van der Waals surface area contributed by atoms with Gasteiger partial charge >= 0.3 is 0 Å². The summed E-state index contributed by atoms with van der Waals surface area (Å²) in [6, 6.07) is 0. The van der Waals surface area contributed by atoms with Gasteiger partial charge in [0.2, 0.25) is 5.91 Å². The molecule has 5 nitrogen and oxygen atoms in total. The number of nitrogens with two attached hydrogens (primary N) is 1. The zero-order valence-electron chi connectivity index (χ0n) is 7.94. The van der Waals surface area contributed by atoms with Gasteiger partial charge in [0.1, 0.15) is 0 Å². The number of aromatic nitrogens is 2. The highest BCUT2D eigenvalue weighted by molar-refractivity contribution is 5.89. The summed E-state index contributed by atoms with van der Waals surface area (Å²) < 4.78 is 0. The first-order valence-corrected chi connectivity index (χ1v) is 4.59. The van der Waals surface area contributed by atoms with Crippen LogP contribution in [0, 0.1) is 0 Å². The number of nitrogens with one attached hydrogen (secondary N) is 1. The van der Waals surface area contributed by atoms with Gasteiger partial charge in [0.25, 0.3) is 0 Å². The maximum Gasteiger partial charge on any atom is 0.225 e. The molecule has 0 bridgehead atoms. The predicted molar refractivity (Wildman–Crippen MR) is 53.6 cm³/mol. The van der Waals surface area contributed by atoms with Crippen molar-refractivity contribution in [1.29, 1.82) is 0 Å². The maximum absolute atomic E-state index is 11.3. The molecule has 0 radical (unpaired) electrons. The molecule has 5 heteroatoms. The van der Waals surface area contributed by atoms with E-state index in [-0.39, 0.29) is 5.91 Å². The van der Waals surface area contributed by atoms with E-state index in [2.05, 4.69) is 15.3 Å². The molecule has 0 unspecified atom stereocenters. The Morgan fingerprint density at radius 2 is 2.29 bits per heavy atom. The van der Waals surface area contributed by atoms with Crippen molar-refractivity contribution in [1.82, 2.24) is 9.97 Å². The second-order valence-electron chi connectivity index (χ2n) is 2.88. The van der Waals surface area contributed by atoms with Crippen molar-refractivity contribution in [3.63, 3.8) is 0 Å². The third kappa shape index (κ3) is 3.95. The van der Waals surface area contributed by atoms with Crippen molar-refractivity contribution in [3.05, 3.63) is 18.6 Å². The lowest BCUT2D eigenvalue weighted by molar-refractivity contribution is -0.116. The second kappa shape index (κ2) is 6.04. The normalized spacial score (nSPS) is 9.79. The molecule has 14 heavy (non-hydrogen) atoms. The molecule has 0 saturated carbocycles. The molecule has 1 rings (SSSR count). The van der Waals surface area contributed by atoms with Crippen LogP contribution in [0.1, 0.15) is 19.3 Å². The Bertz CT molecular complexity index is 275. The fourth-order valence-corrected chi connectivity index (χ4v) is 0.999. The van der Waals surface area contributed by atoms with Crippen LogP contribution < -0.4 is 11.1 Å². The summed E-state index contributed by atoms with van der Waals surface area (Å²) in [5, 5.41) is 2.65. The highest BCUT2D eigenvalue weighted by Gasteiger charge is 2.01. The van der Waals surface area contributed by atoms with Gasteiger partial charge in [-0.3, -0.25) is 9.78 Å². The van der Waals surface area contributed by atoms with Gasteiger partial charge in [-0.25, -0.2) is 4.98 Å². The lowest BCUT2D eigenvalue weighted by Gasteiger charge is -2.02. The molecule has 0 spiro atoms. The van der Waals surface area contributed by atoms with Crippen molar-refractivity contribution in [2.45, 2.75) is 19.3 Å². The summed E-state index contributed by atoms with van der Waals surface area (Å²) in [6.07, 6.45) is 6.77. The van der Waals surface area contributed by atoms with Crippen LogP contribution in [-0.2, 0) is 4.79 Å². The number of unbranched alkanes of at least 4 members (excludes halogenated alkanes) is 1. The van der Waals surface area contributed by atoms with E-state index in [1.165, 1.54) is 12.4 Å². The molecule has 0 aromatic carbocycles. The average molecular weight is 194 g/mol. The average Bonchev–Trinajstić information content (AvgIpc) is 2.20. The van der Waals surface area contributed by atoms with Crippen molar-refractivity contribution >= 4 is 11.7 Å². The van der Waals surface area contributed by atoms with Crippen molar-refractivity contribution in [2.24, 2.45) is 5.73 Å². The first kappa shape index (κ1) is 10.6. The Kier molecular flexibility index (Phi) is 4.57. The first-order valence-electron chi connectivity index (χ1n) is 4.59. The van der Waals surface area contributed by atoms with Crippen LogP contribution in [0.5, 0.6) is 0 Å². The number of hydrogen-bond donors (Lipinski definition) is 2. The van der Waals surface area contributed by atoms with Crippen LogP contribution in [0.25, 0.3) is 0 Å². The highest BCUT2D eigenvalue weighted by atomic mass is 16.1. The maximum atomic E-state index is 11.3. The van der Waals surface area contributed by atoms with Gasteiger partial charge in [0.15, 0.2) is 5.82 Å². The summed E-state index contributed by atoms with van der Waals surface area (Å²) in [6.45, 7) is 0.623. The molecule has 3 N–H and O–H groups in total. The number of hydrogen-bond acceptors (Lipinski definition) is 4. The Labute approximate surface area is 82.7 Å². The minimum Gasteiger partial charge on any atom is -0.330 e. The third-order valence-corrected chi connectivity index (χ3v) is 1.69. The van der Waals surface area contributed by atoms with Crippen LogP contribution in [0.2, 0.25) is 0 Å². The second-order valence-corrected chi connectivity index (χ2v) is 2.88. The van der Waals surface area contributed by atoms with Gasteiger partial charge in [0, 0.05) is 18.8 Å². The van der Waals surface area contributed by atoms with E-state index >= 15 is 0 Å². The van der Waals surface area contributed by atoms with Crippen LogP contribution in [0.3, 0.4) is 0 Å². The van der Waals surface area contributed by atoms with Crippen molar-refractivity contribution in [3.8, 4) is 0 Å². The van der Waals surface area contributed by atoms with Gasteiger partial charge in [-0.1, -0.05) is 0 Å². The summed E-state index contributed by atoms with van der Waals surface area (Å²) >= 11 is 0. The zero-order valence-corrected chi connectivity index (χ0v) is 7.94. The lowest BCUT2D eigenvalue weighted by Crippen LogP contribution is -2.13. The van der Waals surface area contributed by atoms with Crippen LogP contribution in [-0.4, -0.2) is 22.4 Å². The zero-order chi connectivity index (χ0) is 10.2. The van der Waals surface area contributed by atoms with Crippen LogP contribution in [0.4, 0.5) is 5.82 Å². The first-order chi connectivity index (χ1) is 6.83. The SMILES string of the molecule is NCCCCC(=O)Nc1cnccn1. The number of nitrogens with zero attached hydrogens (tertiary/aromatic N) is 2. The molecule has 0 aliphatic heterocycles. The molecule has 76 valence electrons. The number of anilines is 1. The molecule has 1 heterocycles. The van der Waals surface area contributed by atoms with Crippen molar-refractivity contribution in [2.75, 3.05) is 11.9 Å². The lowest BCUT2D eigenvalue weighted by atomic mass is 10.2. The van der Waals surface area contributed by atoms with Crippen molar-refractivity contribution < 1.29 is 4.79 Å². The molecule has 0 fully saturated rings. The number of amides is 1. The molecule has 1 aromatic heterocycles. The minimum absolute atomic E-state index is 0.0426. The number of rotatable bonds is 5. The summed E-state index contributed by atoms with van der Waals surface area (Å²) in [7, 11) is 0. The molecular weight excluding hydrogens is 180 g/mol. The van der Waals surface area contributed by atoms with Gasteiger partial charge in [0.05, 0.1) is 6.20 Å². The number of carbonyl (C=O) groups is 1. The van der Waals surface area contributed by atoms with Gasteiger partial charge in [-0.2, -0.15) is 0 Å². The molecule has 0 aliphatic rings. The van der Waals surface area contributed by atoms with Crippen LogP contribution in [0.15, 0.2) is 18.6 Å². The van der Waals surface area contributed by atoms with E-state index in [9.17, 15) is 4.79 Å². The molecule has 0 aliphatic carbocycles. The van der Waals surface area contributed by atoms with Gasteiger partial charge in [-0.15, -0.1) is 0 Å². The number of carbonyl (C=O) groups excluding carboxylic acids is 1. The van der Waals surface area contributed by atoms with E-state index in [1.807, 2.05) is 0 Å². The smallest absolute Gasteiger partial charge is 0.225 e. The van der Waals surface area contributed by atoms with E-state index in [0.717, 1.165) is 12.8 Å². The monoisotopic (exact) mass is 194 g/mol. The Morgan fingerprint density at radius 3 is 2.93 bits per heavy atom. The Hall–Kier alpha value is -1.49. The highest BCUT2D eigenvalue weighted by Crippen LogP contribution is 2.00. The summed E-state index contributed by atoms with van der Waals surface area (Å²) in [5.74, 6) is 0.448. The fourth-order valence-electron chi connectivity index (χ4n) is 0.999. The molecular formula is C9H14N4O. The predicted octanol–water partition coefficient (Wildman–Crippen LogP) is 0.544. The topological polar surface area (TPSA) is 80.9 Å². The van der Waals surface area contributed by atoms with Gasteiger partial charge < -0.3 is 11.1 Å². The molecule has 0 atom stereocenters. The van der Waals surface area contributed by atoms with Crippen LogP contribution >= 0.6 is 0 Å².